The van der Waals surface area contributed by atoms with Gasteiger partial charge in [-0.2, -0.15) is 0 Å². The van der Waals surface area contributed by atoms with Crippen LogP contribution in [-0.2, 0) is 11.3 Å². The molecule has 0 bridgehead atoms. The molecule has 1 heterocycles. The zero-order valence-corrected chi connectivity index (χ0v) is 10.7. The molecule has 4 nitrogen and oxygen atoms in total. The normalized spacial score (nSPS) is 19.6. The molecule has 0 fully saturated rings. The molecule has 0 saturated heterocycles. The third kappa shape index (κ3) is 2.71. The van der Waals surface area contributed by atoms with Crippen molar-refractivity contribution >= 4 is 11.6 Å². The molecule has 4 heteroatoms. The van der Waals surface area contributed by atoms with E-state index in [0.29, 0.717) is 6.54 Å². The summed E-state index contributed by atoms with van der Waals surface area (Å²) in [4.78, 5) is 14.1. The van der Waals surface area contributed by atoms with E-state index in [-0.39, 0.29) is 18.6 Å². The maximum absolute atomic E-state index is 12.3. The van der Waals surface area contributed by atoms with E-state index in [1.54, 1.807) is 0 Å². The molecule has 1 aliphatic rings. The third-order valence-electron chi connectivity index (χ3n) is 3.31. The lowest BCUT2D eigenvalue weighted by Gasteiger charge is -2.24. The lowest BCUT2D eigenvalue weighted by atomic mass is 10.1. The summed E-state index contributed by atoms with van der Waals surface area (Å²) in [6, 6.07) is 7.83. The van der Waals surface area contributed by atoms with Crippen molar-refractivity contribution in [1.82, 2.24) is 5.32 Å². The molecule has 1 unspecified atom stereocenters. The third-order valence-corrected chi connectivity index (χ3v) is 3.31. The van der Waals surface area contributed by atoms with E-state index < -0.39 is 0 Å². The average molecular weight is 248 g/mol. The Hall–Kier alpha value is -1.39. The molecule has 1 aromatic rings. The zero-order valence-electron chi connectivity index (χ0n) is 10.7. The number of anilines is 1. The number of unbranched alkanes of at least 4 members (excludes halogenated alkanes) is 1. The first-order chi connectivity index (χ1) is 8.74. The van der Waals surface area contributed by atoms with Crippen LogP contribution in [0.15, 0.2) is 24.3 Å². The van der Waals surface area contributed by atoms with Crippen LogP contribution >= 0.6 is 0 Å². The number of amides is 1. The number of carbonyl (C=O) groups is 1. The summed E-state index contributed by atoms with van der Waals surface area (Å²) < 4.78 is 0. The van der Waals surface area contributed by atoms with Gasteiger partial charge in [0.25, 0.3) is 0 Å². The highest BCUT2D eigenvalue weighted by Gasteiger charge is 2.26. The average Bonchev–Trinajstić information content (AvgIpc) is 2.51. The standard InChI is InChI=1S/C14H20N2O2/c1-11-14(18)16(8-4-5-9-17)13-7-3-2-6-12(13)10-15-11/h2-3,6-7,11,15,17H,4-5,8-10H2,1H3. The van der Waals surface area contributed by atoms with Crippen LogP contribution in [0.5, 0.6) is 0 Å². The fourth-order valence-corrected chi connectivity index (χ4v) is 2.24. The number of nitrogens with zero attached hydrogens (tertiary/aromatic N) is 1. The Morgan fingerprint density at radius 1 is 1.39 bits per heavy atom. The van der Waals surface area contributed by atoms with Crippen molar-refractivity contribution < 1.29 is 9.90 Å². The zero-order chi connectivity index (χ0) is 13.0. The maximum Gasteiger partial charge on any atom is 0.243 e. The first-order valence-corrected chi connectivity index (χ1v) is 6.47. The predicted octanol–water partition coefficient (Wildman–Crippen LogP) is 1.28. The van der Waals surface area contributed by atoms with Crippen molar-refractivity contribution in [2.75, 3.05) is 18.1 Å². The van der Waals surface area contributed by atoms with Gasteiger partial charge in [0, 0.05) is 25.4 Å². The van der Waals surface area contributed by atoms with Gasteiger partial charge in [-0.05, 0) is 31.4 Å². The largest absolute Gasteiger partial charge is 0.396 e. The first-order valence-electron chi connectivity index (χ1n) is 6.47. The Labute approximate surface area is 108 Å². The molecule has 0 saturated carbocycles. The van der Waals surface area contributed by atoms with Crippen LogP contribution < -0.4 is 10.2 Å². The van der Waals surface area contributed by atoms with Crippen molar-refractivity contribution in [2.45, 2.75) is 32.4 Å². The maximum atomic E-state index is 12.3. The monoisotopic (exact) mass is 248 g/mol. The molecule has 0 spiro atoms. The number of carbonyl (C=O) groups excluding carboxylic acids is 1. The number of aliphatic hydroxyl groups excluding tert-OH is 1. The second-order valence-corrected chi connectivity index (χ2v) is 4.65. The number of benzene rings is 1. The van der Waals surface area contributed by atoms with Gasteiger partial charge in [-0.15, -0.1) is 0 Å². The lowest BCUT2D eigenvalue weighted by molar-refractivity contribution is -0.120. The summed E-state index contributed by atoms with van der Waals surface area (Å²) in [6.07, 6.45) is 1.55. The number of hydrogen-bond acceptors (Lipinski definition) is 3. The summed E-state index contributed by atoms with van der Waals surface area (Å²) in [7, 11) is 0. The molecule has 1 aromatic carbocycles. The predicted molar refractivity (Wildman–Crippen MR) is 71.4 cm³/mol. The molecule has 18 heavy (non-hydrogen) atoms. The molecule has 0 aromatic heterocycles. The van der Waals surface area contributed by atoms with Crippen molar-refractivity contribution in [2.24, 2.45) is 0 Å². The van der Waals surface area contributed by atoms with Gasteiger partial charge in [0.05, 0.1) is 6.04 Å². The van der Waals surface area contributed by atoms with Crippen LogP contribution in [0, 0.1) is 0 Å². The summed E-state index contributed by atoms with van der Waals surface area (Å²) >= 11 is 0. The highest BCUT2D eigenvalue weighted by atomic mass is 16.3. The Morgan fingerprint density at radius 2 is 2.17 bits per heavy atom. The van der Waals surface area contributed by atoms with Crippen molar-refractivity contribution in [1.29, 1.82) is 0 Å². The second kappa shape index (κ2) is 5.98. The molecular formula is C14H20N2O2. The summed E-state index contributed by atoms with van der Waals surface area (Å²) in [5.41, 5.74) is 2.15. The molecule has 0 aliphatic carbocycles. The van der Waals surface area contributed by atoms with E-state index >= 15 is 0 Å². The van der Waals surface area contributed by atoms with Crippen LogP contribution in [0.2, 0.25) is 0 Å². The van der Waals surface area contributed by atoms with Gasteiger partial charge in [0.1, 0.15) is 0 Å². The van der Waals surface area contributed by atoms with Gasteiger partial charge in [0.2, 0.25) is 5.91 Å². The summed E-state index contributed by atoms with van der Waals surface area (Å²) in [6.45, 7) is 3.47. The Bertz CT molecular complexity index is 420. The smallest absolute Gasteiger partial charge is 0.243 e. The molecule has 1 amide bonds. The number of rotatable bonds is 4. The molecule has 1 aliphatic heterocycles. The van der Waals surface area contributed by atoms with E-state index in [9.17, 15) is 4.79 Å². The number of hydrogen-bond donors (Lipinski definition) is 2. The SMILES string of the molecule is CC1NCc2ccccc2N(CCCCO)C1=O. The Morgan fingerprint density at radius 3 is 2.94 bits per heavy atom. The topological polar surface area (TPSA) is 52.6 Å². The lowest BCUT2D eigenvalue weighted by Crippen LogP contribution is -2.42. The minimum Gasteiger partial charge on any atom is -0.396 e. The van der Waals surface area contributed by atoms with E-state index in [2.05, 4.69) is 5.32 Å². The van der Waals surface area contributed by atoms with Gasteiger partial charge in [-0.25, -0.2) is 0 Å². The van der Waals surface area contributed by atoms with Crippen molar-refractivity contribution in [3.8, 4) is 0 Å². The fourth-order valence-electron chi connectivity index (χ4n) is 2.24. The summed E-state index contributed by atoms with van der Waals surface area (Å²) in [5.74, 6) is 0.109. The quantitative estimate of drug-likeness (QED) is 0.789. The first kappa shape index (κ1) is 13.1. The Kier molecular flexibility index (Phi) is 4.33. The van der Waals surface area contributed by atoms with Crippen molar-refractivity contribution in [3.63, 3.8) is 0 Å². The molecule has 98 valence electrons. The van der Waals surface area contributed by atoms with Gasteiger partial charge in [0.15, 0.2) is 0 Å². The second-order valence-electron chi connectivity index (χ2n) is 4.65. The number of nitrogens with one attached hydrogen (secondary N) is 1. The van der Waals surface area contributed by atoms with Gasteiger partial charge < -0.3 is 15.3 Å². The number of fused-ring (bicyclic) bond motifs is 1. The highest BCUT2D eigenvalue weighted by molar-refractivity contribution is 5.98. The minimum absolute atomic E-state index is 0.109. The number of aliphatic hydroxyl groups is 1. The van der Waals surface area contributed by atoms with Crippen LogP contribution in [-0.4, -0.2) is 30.2 Å². The van der Waals surface area contributed by atoms with E-state index in [0.717, 1.165) is 30.6 Å². The summed E-state index contributed by atoms with van der Waals surface area (Å²) in [5, 5.41) is 12.1. The van der Waals surface area contributed by atoms with Crippen LogP contribution in [0.25, 0.3) is 0 Å². The van der Waals surface area contributed by atoms with E-state index in [1.807, 2.05) is 36.1 Å². The fraction of sp³-hybridized carbons (Fsp3) is 0.500. The van der Waals surface area contributed by atoms with Crippen LogP contribution in [0.1, 0.15) is 25.3 Å². The van der Waals surface area contributed by atoms with Gasteiger partial charge in [-0.3, -0.25) is 4.79 Å². The van der Waals surface area contributed by atoms with E-state index in [1.165, 1.54) is 0 Å². The van der Waals surface area contributed by atoms with Gasteiger partial charge >= 0.3 is 0 Å². The van der Waals surface area contributed by atoms with Gasteiger partial charge in [-0.1, -0.05) is 18.2 Å². The molecule has 2 N–H and O–H groups in total. The number of para-hydroxylation sites is 1. The highest BCUT2D eigenvalue weighted by Crippen LogP contribution is 2.24. The van der Waals surface area contributed by atoms with Crippen LogP contribution in [0.4, 0.5) is 5.69 Å². The van der Waals surface area contributed by atoms with E-state index in [4.69, 9.17) is 5.11 Å². The minimum atomic E-state index is -0.161. The Balaban J connectivity index is 2.23. The molecule has 2 rings (SSSR count). The molecule has 0 radical (unpaired) electrons. The van der Waals surface area contributed by atoms with Crippen LogP contribution in [0.3, 0.4) is 0 Å². The molecule has 1 atom stereocenters. The van der Waals surface area contributed by atoms with Crippen molar-refractivity contribution in [3.05, 3.63) is 29.8 Å². The molecular weight excluding hydrogens is 228 g/mol.